The van der Waals surface area contributed by atoms with E-state index in [1.54, 1.807) is 0 Å². The second-order valence-electron chi connectivity index (χ2n) is 5.86. The summed E-state index contributed by atoms with van der Waals surface area (Å²) in [5.41, 5.74) is 7.28. The Morgan fingerprint density at radius 1 is 1.25 bits per heavy atom. The maximum atomic E-state index is 5.96. The van der Waals surface area contributed by atoms with Crippen LogP contribution in [0.4, 0.5) is 0 Å². The summed E-state index contributed by atoms with van der Waals surface area (Å²) in [6.07, 6.45) is 7.75. The Bertz CT molecular complexity index is 576. The van der Waals surface area contributed by atoms with E-state index in [1.807, 2.05) is 12.4 Å². The second kappa shape index (κ2) is 5.90. The lowest BCUT2D eigenvalue weighted by Crippen LogP contribution is -2.48. The Morgan fingerprint density at radius 2 is 2.10 bits per heavy atom. The van der Waals surface area contributed by atoms with E-state index in [0.717, 1.165) is 13.1 Å². The number of piperidine rings is 1. The van der Waals surface area contributed by atoms with Crippen molar-refractivity contribution in [2.24, 2.45) is 5.73 Å². The van der Waals surface area contributed by atoms with Crippen molar-refractivity contribution in [3.05, 3.63) is 42.2 Å². The highest BCUT2D eigenvalue weighted by Gasteiger charge is 2.27. The lowest BCUT2D eigenvalue weighted by Gasteiger charge is -2.40. The fourth-order valence-corrected chi connectivity index (χ4v) is 3.38. The van der Waals surface area contributed by atoms with Crippen LogP contribution < -0.4 is 5.73 Å². The number of hydrogen-bond donors (Lipinski definition) is 1. The zero-order valence-corrected chi connectivity index (χ0v) is 12.1. The molecule has 0 saturated carbocycles. The maximum absolute atomic E-state index is 5.96. The van der Waals surface area contributed by atoms with Gasteiger partial charge in [-0.05, 0) is 30.7 Å². The van der Waals surface area contributed by atoms with Crippen molar-refractivity contribution < 1.29 is 0 Å². The van der Waals surface area contributed by atoms with Crippen LogP contribution in [-0.4, -0.2) is 28.5 Å². The summed E-state index contributed by atoms with van der Waals surface area (Å²) in [4.78, 5) is 6.96. The number of likely N-dealkylation sites (tertiary alicyclic amines) is 1. The van der Waals surface area contributed by atoms with Gasteiger partial charge in [-0.15, -0.1) is 0 Å². The van der Waals surface area contributed by atoms with Gasteiger partial charge in [0.05, 0.1) is 0 Å². The third-order valence-corrected chi connectivity index (χ3v) is 4.57. The van der Waals surface area contributed by atoms with Crippen LogP contribution in [0.15, 0.2) is 36.7 Å². The molecule has 3 nitrogen and oxygen atoms in total. The van der Waals surface area contributed by atoms with Gasteiger partial charge in [-0.2, -0.15) is 0 Å². The summed E-state index contributed by atoms with van der Waals surface area (Å²) in [5.74, 6) is 0. The topological polar surface area (TPSA) is 42.1 Å². The van der Waals surface area contributed by atoms with Crippen LogP contribution in [0.3, 0.4) is 0 Å². The zero-order valence-electron chi connectivity index (χ0n) is 12.1. The average Bonchev–Trinajstić information content (AvgIpc) is 2.49. The summed E-state index contributed by atoms with van der Waals surface area (Å²) < 4.78 is 0. The standard InChI is InChI=1S/C17H23N3/c1-13-5-4-7-16(9-18)20(13)12-15-11-19-10-14-6-2-3-8-17(14)15/h2-3,6,8,10-11,13,16H,4-5,7,9,12,18H2,1H3. The minimum atomic E-state index is 0.512. The molecular weight excluding hydrogens is 246 g/mol. The smallest absolute Gasteiger partial charge is 0.0346 e. The summed E-state index contributed by atoms with van der Waals surface area (Å²) in [7, 11) is 0. The first-order chi connectivity index (χ1) is 9.79. The molecule has 1 aromatic heterocycles. The van der Waals surface area contributed by atoms with Crippen molar-refractivity contribution in [1.29, 1.82) is 0 Å². The van der Waals surface area contributed by atoms with Gasteiger partial charge < -0.3 is 5.73 Å². The molecule has 2 heterocycles. The molecule has 1 fully saturated rings. The minimum absolute atomic E-state index is 0.512. The number of pyridine rings is 1. The molecule has 0 spiro atoms. The van der Waals surface area contributed by atoms with E-state index in [1.165, 1.54) is 35.6 Å². The van der Waals surface area contributed by atoms with Crippen LogP contribution in [0.2, 0.25) is 0 Å². The summed E-state index contributed by atoms with van der Waals surface area (Å²) in [6, 6.07) is 9.62. The van der Waals surface area contributed by atoms with E-state index in [-0.39, 0.29) is 0 Å². The summed E-state index contributed by atoms with van der Waals surface area (Å²) in [5, 5.41) is 2.54. The van der Waals surface area contributed by atoms with Crippen molar-refractivity contribution in [1.82, 2.24) is 9.88 Å². The van der Waals surface area contributed by atoms with E-state index in [4.69, 9.17) is 5.73 Å². The third kappa shape index (κ3) is 2.56. The predicted octanol–water partition coefficient (Wildman–Crippen LogP) is 2.94. The Balaban J connectivity index is 1.91. The molecule has 2 N–H and O–H groups in total. The molecule has 0 radical (unpaired) electrons. The fourth-order valence-electron chi connectivity index (χ4n) is 3.38. The van der Waals surface area contributed by atoms with Gasteiger partial charge in [-0.1, -0.05) is 30.7 Å². The first-order valence-electron chi connectivity index (χ1n) is 7.57. The lowest BCUT2D eigenvalue weighted by atomic mass is 9.95. The van der Waals surface area contributed by atoms with E-state index in [2.05, 4.69) is 41.1 Å². The molecule has 1 aliphatic rings. The van der Waals surface area contributed by atoms with Crippen molar-refractivity contribution in [3.8, 4) is 0 Å². The molecule has 3 heteroatoms. The first-order valence-corrected chi connectivity index (χ1v) is 7.57. The van der Waals surface area contributed by atoms with Gasteiger partial charge in [0.15, 0.2) is 0 Å². The molecule has 3 rings (SSSR count). The predicted molar refractivity (Wildman–Crippen MR) is 83.4 cm³/mol. The zero-order chi connectivity index (χ0) is 13.9. The number of nitrogens with zero attached hydrogens (tertiary/aromatic N) is 2. The molecule has 20 heavy (non-hydrogen) atoms. The second-order valence-corrected chi connectivity index (χ2v) is 5.86. The van der Waals surface area contributed by atoms with Gasteiger partial charge >= 0.3 is 0 Å². The van der Waals surface area contributed by atoms with Crippen LogP contribution in [0.5, 0.6) is 0 Å². The number of fused-ring (bicyclic) bond motifs is 1. The molecule has 2 unspecified atom stereocenters. The Kier molecular flexibility index (Phi) is 3.99. The molecule has 1 aromatic carbocycles. The number of aromatic nitrogens is 1. The molecule has 2 atom stereocenters. The van der Waals surface area contributed by atoms with E-state index >= 15 is 0 Å². The highest BCUT2D eigenvalue weighted by atomic mass is 15.2. The van der Waals surface area contributed by atoms with Crippen molar-refractivity contribution >= 4 is 10.8 Å². The van der Waals surface area contributed by atoms with Crippen LogP contribution in [0.25, 0.3) is 10.8 Å². The van der Waals surface area contributed by atoms with Crippen molar-refractivity contribution in [2.75, 3.05) is 6.54 Å². The van der Waals surface area contributed by atoms with Gasteiger partial charge in [0.25, 0.3) is 0 Å². The van der Waals surface area contributed by atoms with E-state index < -0.39 is 0 Å². The van der Waals surface area contributed by atoms with Gasteiger partial charge in [0.2, 0.25) is 0 Å². The highest BCUT2D eigenvalue weighted by molar-refractivity contribution is 5.84. The molecular formula is C17H23N3. The summed E-state index contributed by atoms with van der Waals surface area (Å²) >= 11 is 0. The SMILES string of the molecule is CC1CCCC(CN)N1Cc1cncc2ccccc12. The highest BCUT2D eigenvalue weighted by Crippen LogP contribution is 2.26. The molecule has 1 saturated heterocycles. The third-order valence-electron chi connectivity index (χ3n) is 4.57. The normalized spacial score (nSPS) is 24.1. The number of rotatable bonds is 3. The van der Waals surface area contributed by atoms with E-state index in [0.29, 0.717) is 12.1 Å². The quantitative estimate of drug-likeness (QED) is 0.931. The monoisotopic (exact) mass is 269 g/mol. The molecule has 0 aliphatic carbocycles. The van der Waals surface area contributed by atoms with Crippen molar-refractivity contribution in [3.63, 3.8) is 0 Å². The van der Waals surface area contributed by atoms with Gasteiger partial charge in [-0.3, -0.25) is 9.88 Å². The number of hydrogen-bond acceptors (Lipinski definition) is 3. The summed E-state index contributed by atoms with van der Waals surface area (Å²) in [6.45, 7) is 4.03. The Hall–Kier alpha value is -1.45. The molecule has 0 bridgehead atoms. The number of benzene rings is 1. The molecule has 106 valence electrons. The fraction of sp³-hybridized carbons (Fsp3) is 0.471. The Labute approximate surface area is 120 Å². The lowest BCUT2D eigenvalue weighted by molar-refractivity contribution is 0.0896. The van der Waals surface area contributed by atoms with Crippen LogP contribution in [0, 0.1) is 0 Å². The first kappa shape index (κ1) is 13.5. The molecule has 1 aliphatic heterocycles. The van der Waals surface area contributed by atoms with Gasteiger partial charge in [0.1, 0.15) is 0 Å². The van der Waals surface area contributed by atoms with Gasteiger partial charge in [-0.25, -0.2) is 0 Å². The average molecular weight is 269 g/mol. The largest absolute Gasteiger partial charge is 0.329 e. The van der Waals surface area contributed by atoms with Crippen LogP contribution >= 0.6 is 0 Å². The van der Waals surface area contributed by atoms with E-state index in [9.17, 15) is 0 Å². The van der Waals surface area contributed by atoms with Crippen LogP contribution in [-0.2, 0) is 6.54 Å². The van der Waals surface area contributed by atoms with Crippen LogP contribution in [0.1, 0.15) is 31.7 Å². The number of nitrogens with two attached hydrogens (primary N) is 1. The minimum Gasteiger partial charge on any atom is -0.329 e. The molecule has 2 aromatic rings. The van der Waals surface area contributed by atoms with Gasteiger partial charge in [0, 0.05) is 43.0 Å². The maximum Gasteiger partial charge on any atom is 0.0346 e. The Morgan fingerprint density at radius 3 is 2.95 bits per heavy atom. The van der Waals surface area contributed by atoms with Crippen molar-refractivity contribution in [2.45, 2.75) is 44.8 Å². The molecule has 0 amide bonds.